The van der Waals surface area contributed by atoms with E-state index in [-0.39, 0.29) is 0 Å². The number of nitriles is 1. The molecular weight excluding hydrogens is 210 g/mol. The summed E-state index contributed by atoms with van der Waals surface area (Å²) in [7, 11) is 2.93. The number of ether oxygens (including phenoxy) is 2. The number of benzene rings is 1. The molecule has 0 radical (unpaired) electrons. The van der Waals surface area contributed by atoms with E-state index in [0.717, 1.165) is 0 Å². The molecule has 0 fully saturated rings. The van der Waals surface area contributed by atoms with Crippen molar-refractivity contribution in [2.45, 2.75) is 5.92 Å². The third-order valence-electron chi connectivity index (χ3n) is 2.12. The van der Waals surface area contributed by atoms with Crippen LogP contribution in [-0.4, -0.2) is 25.3 Å². The summed E-state index contributed by atoms with van der Waals surface area (Å²) < 4.78 is 10.0. The number of nitrogens with zero attached hydrogens (tertiary/aromatic N) is 1. The lowest BCUT2D eigenvalue weighted by Crippen LogP contribution is -2.09. The molecule has 0 saturated carbocycles. The molecule has 0 bridgehead atoms. The highest BCUT2D eigenvalue weighted by Crippen LogP contribution is 2.30. The lowest BCUT2D eigenvalue weighted by Gasteiger charge is -2.10. The molecule has 0 amide bonds. The second-order valence-electron chi connectivity index (χ2n) is 3.01. The Morgan fingerprint density at radius 2 is 2.00 bits per heavy atom. The Balaban J connectivity index is 3.17. The zero-order valence-corrected chi connectivity index (χ0v) is 8.93. The van der Waals surface area contributed by atoms with Crippen molar-refractivity contribution in [3.63, 3.8) is 0 Å². The van der Waals surface area contributed by atoms with Gasteiger partial charge in [0.1, 0.15) is 0 Å². The van der Waals surface area contributed by atoms with Crippen LogP contribution in [0.25, 0.3) is 0 Å². The number of rotatable bonds is 4. The van der Waals surface area contributed by atoms with Crippen LogP contribution >= 0.6 is 0 Å². The third-order valence-corrected chi connectivity index (χ3v) is 2.12. The molecule has 0 aliphatic rings. The maximum absolute atomic E-state index is 10.8. The first-order chi connectivity index (χ1) is 7.63. The van der Waals surface area contributed by atoms with E-state index in [2.05, 4.69) is 0 Å². The minimum Gasteiger partial charge on any atom is -0.493 e. The first kappa shape index (κ1) is 11.9. The van der Waals surface area contributed by atoms with Gasteiger partial charge in [-0.1, -0.05) is 6.07 Å². The summed E-state index contributed by atoms with van der Waals surface area (Å²) in [6.07, 6.45) is 0. The van der Waals surface area contributed by atoms with Crippen LogP contribution in [0.2, 0.25) is 0 Å². The average molecular weight is 221 g/mol. The van der Waals surface area contributed by atoms with Gasteiger partial charge in [0.05, 0.1) is 20.3 Å². The summed E-state index contributed by atoms with van der Waals surface area (Å²) in [6.45, 7) is 0. The molecule has 1 rings (SSSR count). The summed E-state index contributed by atoms with van der Waals surface area (Å²) in [5, 5.41) is 17.6. The normalized spacial score (nSPS) is 11.3. The molecule has 0 aromatic heterocycles. The zero-order valence-electron chi connectivity index (χ0n) is 8.93. The van der Waals surface area contributed by atoms with Crippen LogP contribution in [0.15, 0.2) is 18.2 Å². The van der Waals surface area contributed by atoms with E-state index in [9.17, 15) is 4.79 Å². The SMILES string of the molecule is COc1ccc(C(C#N)C(=O)O)cc1OC. The highest BCUT2D eigenvalue weighted by molar-refractivity contribution is 5.79. The molecule has 1 aromatic carbocycles. The Kier molecular flexibility index (Phi) is 3.72. The van der Waals surface area contributed by atoms with E-state index in [1.54, 1.807) is 12.1 Å². The van der Waals surface area contributed by atoms with Crippen LogP contribution in [0.4, 0.5) is 0 Å². The van der Waals surface area contributed by atoms with Crippen molar-refractivity contribution in [1.29, 1.82) is 5.26 Å². The summed E-state index contributed by atoms with van der Waals surface area (Å²) >= 11 is 0. The Labute approximate surface area is 92.8 Å². The second kappa shape index (κ2) is 5.03. The van der Waals surface area contributed by atoms with Gasteiger partial charge in [0, 0.05) is 0 Å². The highest BCUT2D eigenvalue weighted by atomic mass is 16.5. The van der Waals surface area contributed by atoms with E-state index in [4.69, 9.17) is 19.8 Å². The van der Waals surface area contributed by atoms with Gasteiger partial charge in [-0.05, 0) is 17.7 Å². The van der Waals surface area contributed by atoms with Gasteiger partial charge in [-0.25, -0.2) is 0 Å². The Hall–Kier alpha value is -2.22. The van der Waals surface area contributed by atoms with Crippen LogP contribution in [-0.2, 0) is 4.79 Å². The van der Waals surface area contributed by atoms with Crippen molar-refractivity contribution >= 4 is 5.97 Å². The van der Waals surface area contributed by atoms with E-state index >= 15 is 0 Å². The molecular formula is C11H11NO4. The highest BCUT2D eigenvalue weighted by Gasteiger charge is 2.20. The predicted molar refractivity (Wildman–Crippen MR) is 55.5 cm³/mol. The number of hydrogen-bond donors (Lipinski definition) is 1. The van der Waals surface area contributed by atoms with Crippen LogP contribution in [0, 0.1) is 11.3 Å². The molecule has 1 atom stereocenters. The molecule has 16 heavy (non-hydrogen) atoms. The molecule has 0 saturated heterocycles. The molecule has 0 aliphatic carbocycles. The van der Waals surface area contributed by atoms with Crippen molar-refractivity contribution in [1.82, 2.24) is 0 Å². The van der Waals surface area contributed by atoms with Gasteiger partial charge >= 0.3 is 5.97 Å². The molecule has 1 aromatic rings. The molecule has 1 N–H and O–H groups in total. The van der Waals surface area contributed by atoms with Gasteiger partial charge in [0.2, 0.25) is 0 Å². The van der Waals surface area contributed by atoms with Gasteiger partial charge in [0.25, 0.3) is 0 Å². The van der Waals surface area contributed by atoms with Crippen molar-refractivity contribution in [3.05, 3.63) is 23.8 Å². The van der Waals surface area contributed by atoms with Crippen molar-refractivity contribution in [3.8, 4) is 17.6 Å². The number of hydrogen-bond acceptors (Lipinski definition) is 4. The monoisotopic (exact) mass is 221 g/mol. The predicted octanol–water partition coefficient (Wildman–Crippen LogP) is 1.40. The topological polar surface area (TPSA) is 79.5 Å². The smallest absolute Gasteiger partial charge is 0.325 e. The van der Waals surface area contributed by atoms with E-state index in [1.165, 1.54) is 26.4 Å². The molecule has 0 heterocycles. The van der Waals surface area contributed by atoms with Gasteiger partial charge in [-0.2, -0.15) is 5.26 Å². The van der Waals surface area contributed by atoms with Crippen molar-refractivity contribution in [2.24, 2.45) is 0 Å². The van der Waals surface area contributed by atoms with E-state index in [1.807, 2.05) is 0 Å². The number of carboxylic acid groups (broad SMARTS) is 1. The molecule has 84 valence electrons. The zero-order chi connectivity index (χ0) is 12.1. The van der Waals surface area contributed by atoms with Gasteiger partial charge in [-0.3, -0.25) is 4.79 Å². The minimum atomic E-state index is -1.19. The van der Waals surface area contributed by atoms with Gasteiger partial charge in [-0.15, -0.1) is 0 Å². The first-order valence-electron chi connectivity index (χ1n) is 4.48. The van der Waals surface area contributed by atoms with Crippen molar-refractivity contribution < 1.29 is 19.4 Å². The largest absolute Gasteiger partial charge is 0.493 e. The number of methoxy groups -OCH3 is 2. The Morgan fingerprint density at radius 1 is 1.38 bits per heavy atom. The maximum Gasteiger partial charge on any atom is 0.325 e. The van der Waals surface area contributed by atoms with Crippen molar-refractivity contribution in [2.75, 3.05) is 14.2 Å². The molecule has 1 unspecified atom stereocenters. The van der Waals surface area contributed by atoms with E-state index in [0.29, 0.717) is 17.1 Å². The average Bonchev–Trinajstić information content (AvgIpc) is 2.29. The summed E-state index contributed by atoms with van der Waals surface area (Å²) in [5.41, 5.74) is 0.368. The number of carboxylic acids is 1. The van der Waals surface area contributed by atoms with Crippen LogP contribution in [0.1, 0.15) is 11.5 Å². The van der Waals surface area contributed by atoms with E-state index < -0.39 is 11.9 Å². The van der Waals surface area contributed by atoms with Crippen LogP contribution < -0.4 is 9.47 Å². The maximum atomic E-state index is 10.8. The summed E-state index contributed by atoms with van der Waals surface area (Å²) in [5.74, 6) is -1.48. The Morgan fingerprint density at radius 3 is 2.44 bits per heavy atom. The standard InChI is InChI=1S/C11H11NO4/c1-15-9-4-3-7(5-10(9)16-2)8(6-12)11(13)14/h3-5,8H,1-2H3,(H,13,14). The fourth-order valence-electron chi connectivity index (χ4n) is 1.30. The summed E-state index contributed by atoms with van der Waals surface area (Å²) in [6, 6.07) is 6.30. The molecule has 0 aliphatic heterocycles. The third kappa shape index (κ3) is 2.23. The van der Waals surface area contributed by atoms with Crippen LogP contribution in [0.3, 0.4) is 0 Å². The molecule has 5 heteroatoms. The lowest BCUT2D eigenvalue weighted by molar-refractivity contribution is -0.137. The first-order valence-corrected chi connectivity index (χ1v) is 4.48. The quantitative estimate of drug-likeness (QED) is 0.831. The van der Waals surface area contributed by atoms with Gasteiger partial charge < -0.3 is 14.6 Å². The fraction of sp³-hybridized carbons (Fsp3) is 0.273. The minimum absolute atomic E-state index is 0.368. The van der Waals surface area contributed by atoms with Crippen LogP contribution in [0.5, 0.6) is 11.5 Å². The number of carbonyl (C=O) groups is 1. The van der Waals surface area contributed by atoms with Gasteiger partial charge in [0.15, 0.2) is 17.4 Å². The summed E-state index contributed by atoms with van der Waals surface area (Å²) in [4.78, 5) is 10.8. The molecule has 5 nitrogen and oxygen atoms in total. The molecule has 0 spiro atoms. The second-order valence-corrected chi connectivity index (χ2v) is 3.01. The lowest BCUT2D eigenvalue weighted by atomic mass is 10.0. The number of aliphatic carboxylic acids is 1. The Bertz CT molecular complexity index is 436. The fourth-order valence-corrected chi connectivity index (χ4v) is 1.30.